The molecule has 1 fully saturated rings. The minimum absolute atomic E-state index is 0.0462. The number of piperidine rings is 1. The van der Waals surface area contributed by atoms with E-state index in [-0.39, 0.29) is 23.6 Å². The minimum Gasteiger partial charge on any atom is -0.494 e. The summed E-state index contributed by atoms with van der Waals surface area (Å²) >= 11 is 0. The number of benzene rings is 1. The zero-order chi connectivity index (χ0) is 19.2. The highest BCUT2D eigenvalue weighted by molar-refractivity contribution is 5.93. The van der Waals surface area contributed by atoms with E-state index in [1.165, 1.54) is 25.7 Å². The maximum absolute atomic E-state index is 13.7. The number of nitrogens with zero attached hydrogens (tertiary/aromatic N) is 1. The molecule has 3 rings (SSSR count). The van der Waals surface area contributed by atoms with Crippen LogP contribution < -0.4 is 10.1 Å². The van der Waals surface area contributed by atoms with E-state index in [9.17, 15) is 14.0 Å². The summed E-state index contributed by atoms with van der Waals surface area (Å²) < 4.78 is 23.5. The monoisotopic (exact) mass is 374 g/mol. The molecule has 2 heterocycles. The van der Waals surface area contributed by atoms with Crippen molar-refractivity contribution in [2.75, 3.05) is 20.2 Å². The van der Waals surface area contributed by atoms with Gasteiger partial charge in [0.05, 0.1) is 18.9 Å². The second-order valence-electron chi connectivity index (χ2n) is 6.61. The summed E-state index contributed by atoms with van der Waals surface area (Å²) in [7, 11) is 1.42. The molecule has 6 nitrogen and oxygen atoms in total. The van der Waals surface area contributed by atoms with Crippen LogP contribution in [0.2, 0.25) is 0 Å². The summed E-state index contributed by atoms with van der Waals surface area (Å²) in [6.07, 6.45) is 5.11. The van der Waals surface area contributed by atoms with Crippen LogP contribution in [-0.2, 0) is 11.2 Å². The third-order valence-electron chi connectivity index (χ3n) is 4.77. The van der Waals surface area contributed by atoms with Crippen LogP contribution in [0.3, 0.4) is 0 Å². The van der Waals surface area contributed by atoms with Gasteiger partial charge in [-0.15, -0.1) is 0 Å². The third kappa shape index (κ3) is 4.87. The molecule has 1 aromatic carbocycles. The van der Waals surface area contributed by atoms with Crippen molar-refractivity contribution in [1.82, 2.24) is 10.2 Å². The third-order valence-corrected chi connectivity index (χ3v) is 4.77. The van der Waals surface area contributed by atoms with Gasteiger partial charge >= 0.3 is 0 Å². The number of carbonyl (C=O) groups excluding carboxylic acids is 2. The van der Waals surface area contributed by atoms with Crippen molar-refractivity contribution in [2.45, 2.75) is 31.7 Å². The molecular formula is C20H23FN2O4. The Morgan fingerprint density at radius 3 is 2.70 bits per heavy atom. The highest BCUT2D eigenvalue weighted by Crippen LogP contribution is 2.19. The van der Waals surface area contributed by atoms with Crippen LogP contribution in [-0.4, -0.2) is 43.0 Å². The molecule has 1 aliphatic heterocycles. The smallest absolute Gasteiger partial charge is 0.257 e. The molecule has 0 atom stereocenters. The number of methoxy groups -OCH3 is 1. The number of rotatable bonds is 6. The maximum atomic E-state index is 13.7. The average molecular weight is 374 g/mol. The molecule has 0 spiro atoms. The molecule has 2 amide bonds. The van der Waals surface area contributed by atoms with E-state index >= 15 is 0 Å². The topological polar surface area (TPSA) is 71.8 Å². The Balaban J connectivity index is 1.42. The number of nitrogens with one attached hydrogen (secondary N) is 1. The van der Waals surface area contributed by atoms with E-state index in [1.54, 1.807) is 23.1 Å². The van der Waals surface area contributed by atoms with Crippen LogP contribution in [0.25, 0.3) is 0 Å². The summed E-state index contributed by atoms with van der Waals surface area (Å²) in [5.74, 6) is -0.342. The van der Waals surface area contributed by atoms with Gasteiger partial charge in [-0.1, -0.05) is 6.07 Å². The summed E-state index contributed by atoms with van der Waals surface area (Å²) in [4.78, 5) is 26.2. The first-order valence-electron chi connectivity index (χ1n) is 9.00. The number of carbonyl (C=O) groups is 2. The Morgan fingerprint density at radius 2 is 2.07 bits per heavy atom. The van der Waals surface area contributed by atoms with Crippen molar-refractivity contribution in [3.63, 3.8) is 0 Å². The Morgan fingerprint density at radius 1 is 1.30 bits per heavy atom. The van der Waals surface area contributed by atoms with Gasteiger partial charge in [-0.2, -0.15) is 0 Å². The molecule has 1 saturated heterocycles. The number of likely N-dealkylation sites (tertiary alicyclic amines) is 1. The molecule has 144 valence electrons. The fourth-order valence-corrected chi connectivity index (χ4v) is 3.22. The number of halogens is 1. The molecule has 7 heteroatoms. The maximum Gasteiger partial charge on any atom is 0.257 e. The largest absolute Gasteiger partial charge is 0.494 e. The van der Waals surface area contributed by atoms with Crippen LogP contribution in [0, 0.1) is 5.82 Å². The Kier molecular flexibility index (Phi) is 6.11. The van der Waals surface area contributed by atoms with Gasteiger partial charge in [0.2, 0.25) is 5.91 Å². The Labute approximate surface area is 157 Å². The van der Waals surface area contributed by atoms with Gasteiger partial charge in [0.15, 0.2) is 11.6 Å². The second-order valence-corrected chi connectivity index (χ2v) is 6.61. The van der Waals surface area contributed by atoms with E-state index in [0.29, 0.717) is 44.3 Å². The normalized spacial score (nSPS) is 14.8. The van der Waals surface area contributed by atoms with Gasteiger partial charge in [-0.25, -0.2) is 4.39 Å². The molecule has 0 saturated carbocycles. The van der Waals surface area contributed by atoms with Crippen LogP contribution in [0.15, 0.2) is 41.2 Å². The van der Waals surface area contributed by atoms with Crippen molar-refractivity contribution in [3.05, 3.63) is 53.7 Å². The van der Waals surface area contributed by atoms with Crippen LogP contribution in [0.4, 0.5) is 4.39 Å². The molecule has 1 aliphatic rings. The lowest BCUT2D eigenvalue weighted by Crippen LogP contribution is -2.46. The van der Waals surface area contributed by atoms with Gasteiger partial charge in [0.25, 0.3) is 5.91 Å². The number of aryl methyl sites for hydroxylation is 1. The van der Waals surface area contributed by atoms with Crippen molar-refractivity contribution in [1.29, 1.82) is 0 Å². The lowest BCUT2D eigenvalue weighted by molar-refractivity contribution is -0.122. The zero-order valence-electron chi connectivity index (χ0n) is 15.2. The van der Waals surface area contributed by atoms with Gasteiger partial charge in [0.1, 0.15) is 6.26 Å². The SMILES string of the molecule is COc1ccc(CCC(=O)NC2CCN(C(=O)c3ccoc3)CC2)cc1F. The van der Waals surface area contributed by atoms with Gasteiger partial charge < -0.3 is 19.4 Å². The molecular weight excluding hydrogens is 351 g/mol. The van der Waals surface area contributed by atoms with E-state index in [4.69, 9.17) is 9.15 Å². The molecule has 0 bridgehead atoms. The second kappa shape index (κ2) is 8.70. The highest BCUT2D eigenvalue weighted by Gasteiger charge is 2.25. The molecule has 0 unspecified atom stereocenters. The average Bonchev–Trinajstić information content (AvgIpc) is 3.21. The molecule has 0 aliphatic carbocycles. The Hall–Kier alpha value is -2.83. The van der Waals surface area contributed by atoms with E-state index in [1.807, 2.05) is 0 Å². The summed E-state index contributed by atoms with van der Waals surface area (Å²) in [6.45, 7) is 1.19. The number of hydrogen-bond acceptors (Lipinski definition) is 4. The molecule has 0 radical (unpaired) electrons. The number of ether oxygens (including phenoxy) is 1. The van der Waals surface area contributed by atoms with E-state index < -0.39 is 5.82 Å². The van der Waals surface area contributed by atoms with E-state index in [0.717, 1.165) is 5.56 Å². The van der Waals surface area contributed by atoms with Crippen molar-refractivity contribution in [2.24, 2.45) is 0 Å². The van der Waals surface area contributed by atoms with E-state index in [2.05, 4.69) is 5.32 Å². The number of furan rings is 1. The predicted octanol–water partition coefficient (Wildman–Crippen LogP) is 2.78. The standard InChI is InChI=1S/C20H23FN2O4/c1-26-18-4-2-14(12-17(18)21)3-5-19(24)22-16-6-9-23(10-7-16)20(25)15-8-11-27-13-15/h2,4,8,11-13,16H,3,5-7,9-10H2,1H3,(H,22,24). The fourth-order valence-electron chi connectivity index (χ4n) is 3.22. The molecule has 1 N–H and O–H groups in total. The van der Waals surface area contributed by atoms with Crippen LogP contribution >= 0.6 is 0 Å². The van der Waals surface area contributed by atoms with Crippen LogP contribution in [0.5, 0.6) is 5.75 Å². The lowest BCUT2D eigenvalue weighted by atomic mass is 10.0. The summed E-state index contributed by atoms with van der Waals surface area (Å²) in [5, 5.41) is 3.01. The van der Waals surface area contributed by atoms with Gasteiger partial charge in [-0.05, 0) is 43.0 Å². The minimum atomic E-state index is -0.426. The first kappa shape index (κ1) is 18.9. The highest BCUT2D eigenvalue weighted by atomic mass is 19.1. The number of hydrogen-bond donors (Lipinski definition) is 1. The van der Waals surface area contributed by atoms with Crippen molar-refractivity contribution >= 4 is 11.8 Å². The molecule has 27 heavy (non-hydrogen) atoms. The predicted molar refractivity (Wildman–Crippen MR) is 97.0 cm³/mol. The summed E-state index contributed by atoms with van der Waals surface area (Å²) in [6, 6.07) is 6.42. The lowest BCUT2D eigenvalue weighted by Gasteiger charge is -2.32. The van der Waals surface area contributed by atoms with Gasteiger partial charge in [-0.3, -0.25) is 9.59 Å². The molecule has 1 aromatic heterocycles. The quantitative estimate of drug-likeness (QED) is 0.844. The molecule has 2 aromatic rings. The first-order valence-corrected chi connectivity index (χ1v) is 9.00. The van der Waals surface area contributed by atoms with Crippen molar-refractivity contribution < 1.29 is 23.1 Å². The number of amides is 2. The Bertz CT molecular complexity index is 783. The van der Waals surface area contributed by atoms with Gasteiger partial charge in [0, 0.05) is 25.6 Å². The van der Waals surface area contributed by atoms with Crippen LogP contribution in [0.1, 0.15) is 35.2 Å². The zero-order valence-corrected chi connectivity index (χ0v) is 15.2. The first-order chi connectivity index (χ1) is 13.1. The summed E-state index contributed by atoms with van der Waals surface area (Å²) in [5.41, 5.74) is 1.30. The van der Waals surface area contributed by atoms with Crippen molar-refractivity contribution in [3.8, 4) is 5.75 Å². The fraction of sp³-hybridized carbons (Fsp3) is 0.400.